The monoisotopic (exact) mass is 401 g/mol. The highest BCUT2D eigenvalue weighted by atomic mass is 19.4. The summed E-state index contributed by atoms with van der Waals surface area (Å²) in [5, 5.41) is 0. The number of rotatable bonds is 4. The fourth-order valence-electron chi connectivity index (χ4n) is 4.46. The molecule has 0 radical (unpaired) electrons. The lowest BCUT2D eigenvalue weighted by Gasteiger charge is -2.45. The minimum atomic E-state index is -4.32. The van der Waals surface area contributed by atoms with Gasteiger partial charge in [-0.1, -0.05) is 67.1 Å². The Kier molecular flexibility index (Phi) is 5.95. The Morgan fingerprint density at radius 3 is 2.10 bits per heavy atom. The SMILES string of the molecule is FC(F)(F)[C@H]1C=C(c2ccccc2)O[C@@H](N2CCCCC2)[C@@H]1Cc1ccccc1. The van der Waals surface area contributed by atoms with Crippen molar-refractivity contribution in [1.82, 2.24) is 4.90 Å². The van der Waals surface area contributed by atoms with Crippen LogP contribution in [-0.2, 0) is 11.2 Å². The second-order valence-electron chi connectivity index (χ2n) is 7.92. The molecule has 2 heterocycles. The van der Waals surface area contributed by atoms with Gasteiger partial charge in [0.25, 0.3) is 0 Å². The van der Waals surface area contributed by atoms with Gasteiger partial charge in [0.05, 0.1) is 5.92 Å². The Bertz CT molecular complexity index is 813. The molecule has 1 saturated heterocycles. The summed E-state index contributed by atoms with van der Waals surface area (Å²) in [5.74, 6) is -1.88. The van der Waals surface area contributed by atoms with Gasteiger partial charge in [-0.3, -0.25) is 4.90 Å². The number of nitrogens with zero attached hydrogens (tertiary/aromatic N) is 1. The van der Waals surface area contributed by atoms with Crippen LogP contribution in [0, 0.1) is 11.8 Å². The Balaban J connectivity index is 1.73. The number of piperidine rings is 1. The van der Waals surface area contributed by atoms with E-state index in [0.717, 1.165) is 37.9 Å². The third-order valence-electron chi connectivity index (χ3n) is 5.91. The predicted octanol–water partition coefficient (Wildman–Crippen LogP) is 5.91. The first kappa shape index (κ1) is 20.0. The van der Waals surface area contributed by atoms with Crippen molar-refractivity contribution in [3.05, 3.63) is 77.9 Å². The van der Waals surface area contributed by atoms with Crippen LogP contribution in [0.25, 0.3) is 5.76 Å². The summed E-state index contributed by atoms with van der Waals surface area (Å²) in [4.78, 5) is 2.12. The molecule has 0 aromatic heterocycles. The zero-order valence-corrected chi connectivity index (χ0v) is 16.3. The third kappa shape index (κ3) is 4.67. The third-order valence-corrected chi connectivity index (χ3v) is 5.91. The summed E-state index contributed by atoms with van der Waals surface area (Å²) >= 11 is 0. The lowest BCUT2D eigenvalue weighted by atomic mass is 9.81. The van der Waals surface area contributed by atoms with E-state index in [-0.39, 0.29) is 0 Å². The molecule has 0 unspecified atom stereocenters. The van der Waals surface area contributed by atoms with Crippen molar-refractivity contribution < 1.29 is 17.9 Å². The molecule has 4 rings (SSSR count). The molecule has 3 atom stereocenters. The van der Waals surface area contributed by atoms with Crippen LogP contribution in [0.4, 0.5) is 13.2 Å². The van der Waals surface area contributed by atoms with E-state index in [9.17, 15) is 13.2 Å². The minimum Gasteiger partial charge on any atom is -0.474 e. The maximum atomic E-state index is 14.2. The number of alkyl halides is 3. The fourth-order valence-corrected chi connectivity index (χ4v) is 4.46. The van der Waals surface area contributed by atoms with E-state index in [1.807, 2.05) is 60.7 Å². The van der Waals surface area contributed by atoms with Crippen LogP contribution in [0.2, 0.25) is 0 Å². The zero-order valence-electron chi connectivity index (χ0n) is 16.3. The topological polar surface area (TPSA) is 12.5 Å². The largest absolute Gasteiger partial charge is 0.474 e. The van der Waals surface area contributed by atoms with Crippen molar-refractivity contribution >= 4 is 5.76 Å². The van der Waals surface area contributed by atoms with Gasteiger partial charge in [0.1, 0.15) is 5.76 Å². The van der Waals surface area contributed by atoms with Gasteiger partial charge in [0, 0.05) is 24.6 Å². The van der Waals surface area contributed by atoms with Gasteiger partial charge in [0.15, 0.2) is 6.23 Å². The van der Waals surface area contributed by atoms with Gasteiger partial charge < -0.3 is 4.74 Å². The second kappa shape index (κ2) is 8.62. The highest BCUT2D eigenvalue weighted by molar-refractivity contribution is 5.61. The number of allylic oxidation sites excluding steroid dienone is 1. The Morgan fingerprint density at radius 2 is 1.48 bits per heavy atom. The van der Waals surface area contributed by atoms with Crippen LogP contribution in [0.15, 0.2) is 66.7 Å². The van der Waals surface area contributed by atoms with E-state index in [1.165, 1.54) is 6.08 Å². The summed E-state index contributed by atoms with van der Waals surface area (Å²) in [7, 11) is 0. The number of hydrogen-bond donors (Lipinski definition) is 0. The van der Waals surface area contributed by atoms with Crippen molar-refractivity contribution in [2.75, 3.05) is 13.1 Å². The van der Waals surface area contributed by atoms with E-state index in [1.54, 1.807) is 0 Å². The summed E-state index contributed by atoms with van der Waals surface area (Å²) in [6, 6.07) is 18.6. The van der Waals surface area contributed by atoms with E-state index in [4.69, 9.17) is 4.74 Å². The molecule has 0 saturated carbocycles. The van der Waals surface area contributed by atoms with Gasteiger partial charge in [-0.05, 0) is 30.9 Å². The number of halogens is 3. The normalized spacial score (nSPS) is 25.9. The number of benzene rings is 2. The van der Waals surface area contributed by atoms with Gasteiger partial charge in [-0.25, -0.2) is 0 Å². The van der Waals surface area contributed by atoms with Crippen molar-refractivity contribution in [3.8, 4) is 0 Å². The first-order valence-corrected chi connectivity index (χ1v) is 10.3. The molecule has 0 amide bonds. The highest BCUT2D eigenvalue weighted by Crippen LogP contribution is 2.44. The maximum absolute atomic E-state index is 14.2. The molecule has 0 N–H and O–H groups in total. The van der Waals surface area contributed by atoms with Gasteiger partial charge >= 0.3 is 6.18 Å². The van der Waals surface area contributed by atoms with Crippen molar-refractivity contribution in [1.29, 1.82) is 0 Å². The summed E-state index contributed by atoms with van der Waals surface area (Å²) in [5.41, 5.74) is 1.61. The standard InChI is InChI=1S/C24H26F3NO/c25-24(26,27)21-17-22(19-12-6-2-7-13-19)29-23(28-14-8-3-9-15-28)20(21)16-18-10-4-1-5-11-18/h1-2,4-7,10-13,17,20-21,23H,3,8-9,14-16H2/t20-,21+,23-/m1/s1. The number of ether oxygens (including phenoxy) is 1. The fraction of sp³-hybridized carbons (Fsp3) is 0.417. The van der Waals surface area contributed by atoms with Crippen LogP contribution < -0.4 is 0 Å². The molecule has 0 bridgehead atoms. The molecule has 2 aromatic rings. The lowest BCUT2D eigenvalue weighted by molar-refractivity contribution is -0.201. The van der Waals surface area contributed by atoms with E-state index in [0.29, 0.717) is 17.7 Å². The van der Waals surface area contributed by atoms with E-state index >= 15 is 0 Å². The highest BCUT2D eigenvalue weighted by Gasteiger charge is 2.50. The maximum Gasteiger partial charge on any atom is 0.395 e. The van der Waals surface area contributed by atoms with Crippen LogP contribution in [0.5, 0.6) is 0 Å². The van der Waals surface area contributed by atoms with Crippen molar-refractivity contribution in [2.45, 2.75) is 38.1 Å². The van der Waals surface area contributed by atoms with Crippen molar-refractivity contribution in [2.24, 2.45) is 11.8 Å². The molecule has 2 nitrogen and oxygen atoms in total. The van der Waals surface area contributed by atoms with Crippen LogP contribution in [-0.4, -0.2) is 30.4 Å². The molecule has 1 fully saturated rings. The number of hydrogen-bond acceptors (Lipinski definition) is 2. The average Bonchev–Trinajstić information content (AvgIpc) is 2.75. The first-order chi connectivity index (χ1) is 14.0. The van der Waals surface area contributed by atoms with Gasteiger partial charge in [-0.2, -0.15) is 13.2 Å². The molecular formula is C24H26F3NO. The first-order valence-electron chi connectivity index (χ1n) is 10.3. The predicted molar refractivity (Wildman–Crippen MR) is 108 cm³/mol. The smallest absolute Gasteiger partial charge is 0.395 e. The molecule has 154 valence electrons. The average molecular weight is 401 g/mol. The molecule has 0 spiro atoms. The summed E-state index contributed by atoms with van der Waals surface area (Å²) < 4.78 is 48.9. The molecular weight excluding hydrogens is 375 g/mol. The molecule has 2 aromatic carbocycles. The molecule has 2 aliphatic rings. The van der Waals surface area contributed by atoms with Crippen LogP contribution in [0.1, 0.15) is 30.4 Å². The van der Waals surface area contributed by atoms with Crippen LogP contribution in [0.3, 0.4) is 0 Å². The Labute approximate surface area is 170 Å². The zero-order chi connectivity index (χ0) is 20.3. The number of likely N-dealkylation sites (tertiary alicyclic amines) is 1. The molecule has 2 aliphatic heterocycles. The van der Waals surface area contributed by atoms with Gasteiger partial charge in [0.2, 0.25) is 0 Å². The molecule has 5 heteroatoms. The second-order valence-corrected chi connectivity index (χ2v) is 7.92. The lowest BCUT2D eigenvalue weighted by Crippen LogP contribution is -2.51. The molecule has 0 aliphatic carbocycles. The quantitative estimate of drug-likeness (QED) is 0.632. The van der Waals surface area contributed by atoms with Gasteiger partial charge in [-0.15, -0.1) is 0 Å². The summed E-state index contributed by atoms with van der Waals surface area (Å²) in [6.45, 7) is 1.56. The summed E-state index contributed by atoms with van der Waals surface area (Å²) in [6.07, 6.45) is -0.151. The minimum absolute atomic E-state index is 0.338. The Hall–Kier alpha value is -2.27. The Morgan fingerprint density at radius 1 is 0.862 bits per heavy atom. The van der Waals surface area contributed by atoms with Crippen LogP contribution >= 0.6 is 0 Å². The van der Waals surface area contributed by atoms with E-state index in [2.05, 4.69) is 4.90 Å². The van der Waals surface area contributed by atoms with Crippen molar-refractivity contribution in [3.63, 3.8) is 0 Å². The van der Waals surface area contributed by atoms with E-state index < -0.39 is 24.2 Å². The molecule has 29 heavy (non-hydrogen) atoms.